The number of rotatable bonds is 4. The molecule has 0 bridgehead atoms. The van der Waals surface area contributed by atoms with Crippen molar-refractivity contribution < 1.29 is 17.7 Å². The van der Waals surface area contributed by atoms with E-state index < -0.39 is 24.9 Å². The Balaban J connectivity index is 2.07. The molecule has 1 aromatic carbocycles. The summed E-state index contributed by atoms with van der Waals surface area (Å²) < 4.78 is 52.2. The molecule has 1 atom stereocenters. The number of hydrogen-bond acceptors (Lipinski definition) is 5. The fraction of sp³-hybridized carbons (Fsp3) is 0.350. The fourth-order valence-electron chi connectivity index (χ4n) is 3.23. The number of pyridine rings is 1. The number of benzene rings is 1. The van der Waals surface area contributed by atoms with Crippen LogP contribution in [0.2, 0.25) is 0 Å². The van der Waals surface area contributed by atoms with E-state index in [0.29, 0.717) is 33.5 Å². The van der Waals surface area contributed by atoms with Gasteiger partial charge in [-0.05, 0) is 57.4 Å². The third kappa shape index (κ3) is 4.42. The molecule has 0 fully saturated rings. The van der Waals surface area contributed by atoms with E-state index in [1.807, 2.05) is 0 Å². The van der Waals surface area contributed by atoms with E-state index in [1.165, 1.54) is 13.0 Å². The minimum atomic E-state index is -4.42. The number of hydrogen-bond donors (Lipinski definition) is 1. The average Bonchev–Trinajstić information content (AvgIpc) is 2.59. The zero-order valence-corrected chi connectivity index (χ0v) is 17.7. The predicted octanol–water partition coefficient (Wildman–Crippen LogP) is 5.08. The van der Waals surface area contributed by atoms with Gasteiger partial charge in [0.25, 0.3) is 0 Å². The summed E-state index contributed by atoms with van der Waals surface area (Å²) in [6.07, 6.45) is -2.88. The van der Waals surface area contributed by atoms with Crippen molar-refractivity contribution in [3.8, 4) is 0 Å². The lowest BCUT2D eigenvalue weighted by atomic mass is 9.97. The van der Waals surface area contributed by atoms with E-state index in [2.05, 4.69) is 20.3 Å². The van der Waals surface area contributed by atoms with Crippen LogP contribution in [0, 0.1) is 13.8 Å². The molecule has 0 saturated carbocycles. The Labute approximate surface area is 167 Å². The van der Waals surface area contributed by atoms with Crippen LogP contribution in [-0.4, -0.2) is 28.3 Å². The highest BCUT2D eigenvalue weighted by Gasteiger charge is 2.33. The summed E-state index contributed by atoms with van der Waals surface area (Å²) in [5.41, 5.74) is 0.463. The summed E-state index contributed by atoms with van der Waals surface area (Å²) in [6.45, 7) is 8.24. The van der Waals surface area contributed by atoms with Crippen molar-refractivity contribution >= 4 is 29.3 Å². The SMILES string of the molecule is Cc1nc(N[C@H](C)c2cccc(C(F)(F)F)c2C)c2cc(P(C)(C)=O)cnc2n1. The first kappa shape index (κ1) is 21.2. The molecule has 9 heteroatoms. The summed E-state index contributed by atoms with van der Waals surface area (Å²) in [7, 11) is -2.55. The second-order valence-electron chi connectivity index (χ2n) is 7.42. The van der Waals surface area contributed by atoms with E-state index in [-0.39, 0.29) is 5.56 Å². The van der Waals surface area contributed by atoms with Crippen molar-refractivity contribution in [2.75, 3.05) is 18.6 Å². The Morgan fingerprint density at radius 2 is 1.83 bits per heavy atom. The monoisotopic (exact) mass is 422 g/mol. The van der Waals surface area contributed by atoms with Crippen molar-refractivity contribution in [2.45, 2.75) is 33.0 Å². The van der Waals surface area contributed by atoms with Gasteiger partial charge in [0, 0.05) is 11.5 Å². The summed E-state index contributed by atoms with van der Waals surface area (Å²) >= 11 is 0. The smallest absolute Gasteiger partial charge is 0.363 e. The van der Waals surface area contributed by atoms with Crippen molar-refractivity contribution in [3.63, 3.8) is 0 Å². The number of nitrogens with zero attached hydrogens (tertiary/aromatic N) is 3. The van der Waals surface area contributed by atoms with Gasteiger partial charge in [-0.25, -0.2) is 15.0 Å². The zero-order valence-electron chi connectivity index (χ0n) is 16.8. The molecule has 3 rings (SSSR count). The van der Waals surface area contributed by atoms with E-state index in [1.54, 1.807) is 45.5 Å². The van der Waals surface area contributed by atoms with Crippen molar-refractivity contribution in [3.05, 3.63) is 53.0 Å². The molecule has 29 heavy (non-hydrogen) atoms. The van der Waals surface area contributed by atoms with Crippen LogP contribution in [0.5, 0.6) is 0 Å². The van der Waals surface area contributed by atoms with E-state index in [0.717, 1.165) is 6.07 Å². The third-order valence-electron chi connectivity index (χ3n) is 4.77. The largest absolute Gasteiger partial charge is 0.416 e. The van der Waals surface area contributed by atoms with Crippen molar-refractivity contribution in [1.82, 2.24) is 15.0 Å². The Morgan fingerprint density at radius 1 is 1.14 bits per heavy atom. The number of fused-ring (bicyclic) bond motifs is 1. The van der Waals surface area contributed by atoms with Crippen LogP contribution in [0.1, 0.15) is 35.5 Å². The van der Waals surface area contributed by atoms with Gasteiger partial charge in [0.1, 0.15) is 18.8 Å². The molecule has 0 unspecified atom stereocenters. The summed E-state index contributed by atoms with van der Waals surface area (Å²) in [5, 5.41) is 4.36. The minimum absolute atomic E-state index is 0.167. The van der Waals surface area contributed by atoms with Gasteiger partial charge in [-0.1, -0.05) is 12.1 Å². The lowest BCUT2D eigenvalue weighted by Gasteiger charge is -2.21. The number of anilines is 1. The lowest BCUT2D eigenvalue weighted by Crippen LogP contribution is -2.15. The topological polar surface area (TPSA) is 67.8 Å². The minimum Gasteiger partial charge on any atom is -0.363 e. The maximum atomic E-state index is 13.3. The second kappa shape index (κ2) is 7.41. The molecule has 0 spiro atoms. The van der Waals surface area contributed by atoms with Crippen LogP contribution >= 0.6 is 7.14 Å². The molecule has 2 heterocycles. The number of nitrogens with one attached hydrogen (secondary N) is 1. The normalized spacial score (nSPS) is 13.5. The van der Waals surface area contributed by atoms with E-state index >= 15 is 0 Å². The molecule has 0 aliphatic heterocycles. The maximum Gasteiger partial charge on any atom is 0.416 e. The van der Waals surface area contributed by atoms with E-state index in [4.69, 9.17) is 0 Å². The van der Waals surface area contributed by atoms with Gasteiger partial charge >= 0.3 is 6.18 Å². The van der Waals surface area contributed by atoms with Gasteiger partial charge in [0.15, 0.2) is 5.65 Å². The molecular formula is C20H22F3N4OP. The first-order valence-corrected chi connectivity index (χ1v) is 11.6. The highest BCUT2D eigenvalue weighted by molar-refractivity contribution is 7.70. The van der Waals surface area contributed by atoms with Crippen LogP contribution in [0.4, 0.5) is 19.0 Å². The first-order valence-electron chi connectivity index (χ1n) is 9.01. The highest BCUT2D eigenvalue weighted by atomic mass is 31.2. The fourth-order valence-corrected chi connectivity index (χ4v) is 4.00. The Hall–Kier alpha value is -2.47. The number of aromatic nitrogens is 3. The molecule has 0 radical (unpaired) electrons. The standard InChI is InChI=1S/C20H22F3N4OP/c1-11-15(7-6-8-17(11)20(21,22)23)12(2)25-19-16-9-14(29(4,5)28)10-24-18(16)26-13(3)27-19/h6-10,12H,1-5H3,(H,24,25,26,27)/t12-/m1/s1. The Kier molecular flexibility index (Phi) is 5.43. The molecule has 3 aromatic rings. The molecule has 1 N–H and O–H groups in total. The molecular weight excluding hydrogens is 400 g/mol. The van der Waals surface area contributed by atoms with Gasteiger partial charge in [-0.15, -0.1) is 0 Å². The molecule has 0 aliphatic carbocycles. The van der Waals surface area contributed by atoms with Crippen LogP contribution in [0.25, 0.3) is 11.0 Å². The Morgan fingerprint density at radius 3 is 2.45 bits per heavy atom. The highest BCUT2D eigenvalue weighted by Crippen LogP contribution is 2.37. The quantitative estimate of drug-likeness (QED) is 0.594. The van der Waals surface area contributed by atoms with Crippen LogP contribution < -0.4 is 10.6 Å². The zero-order chi connectivity index (χ0) is 21.6. The molecule has 0 aliphatic rings. The molecule has 154 valence electrons. The third-order valence-corrected chi connectivity index (χ3v) is 6.26. The van der Waals surface area contributed by atoms with Gasteiger partial charge < -0.3 is 9.88 Å². The summed E-state index contributed by atoms with van der Waals surface area (Å²) in [5.74, 6) is 0.920. The van der Waals surface area contributed by atoms with Gasteiger partial charge in [0.05, 0.1) is 17.0 Å². The maximum absolute atomic E-state index is 13.3. The van der Waals surface area contributed by atoms with Crippen LogP contribution in [0.15, 0.2) is 30.5 Å². The van der Waals surface area contributed by atoms with Crippen LogP contribution in [0.3, 0.4) is 0 Å². The van der Waals surface area contributed by atoms with Gasteiger partial charge in [0.2, 0.25) is 0 Å². The van der Waals surface area contributed by atoms with Gasteiger partial charge in [-0.2, -0.15) is 13.2 Å². The summed E-state index contributed by atoms with van der Waals surface area (Å²) in [6, 6.07) is 5.42. The molecule has 0 amide bonds. The van der Waals surface area contributed by atoms with Crippen molar-refractivity contribution in [1.29, 1.82) is 0 Å². The average molecular weight is 422 g/mol. The van der Waals surface area contributed by atoms with Crippen molar-refractivity contribution in [2.24, 2.45) is 0 Å². The summed E-state index contributed by atoms with van der Waals surface area (Å²) in [4.78, 5) is 13.0. The number of alkyl halides is 3. The predicted molar refractivity (Wildman–Crippen MR) is 109 cm³/mol. The van der Waals surface area contributed by atoms with Gasteiger partial charge in [-0.3, -0.25) is 0 Å². The second-order valence-corrected chi connectivity index (χ2v) is 10.6. The number of aryl methyl sites for hydroxylation is 1. The first-order chi connectivity index (χ1) is 13.4. The number of halogens is 3. The lowest BCUT2D eigenvalue weighted by molar-refractivity contribution is -0.138. The Bertz CT molecular complexity index is 1120. The van der Waals surface area contributed by atoms with Crippen LogP contribution in [-0.2, 0) is 10.7 Å². The molecule has 5 nitrogen and oxygen atoms in total. The molecule has 0 saturated heterocycles. The molecule has 2 aromatic heterocycles. The van der Waals surface area contributed by atoms with E-state index in [9.17, 15) is 17.7 Å².